The van der Waals surface area contributed by atoms with Gasteiger partial charge < -0.3 is 10.1 Å². The van der Waals surface area contributed by atoms with Gasteiger partial charge in [-0.1, -0.05) is 24.3 Å². The first kappa shape index (κ1) is 10.2. The molecule has 0 bridgehead atoms. The molecule has 0 unspecified atom stereocenters. The lowest BCUT2D eigenvalue weighted by molar-refractivity contribution is 0.415. The van der Waals surface area contributed by atoms with Crippen molar-refractivity contribution in [1.29, 1.82) is 0 Å². The van der Waals surface area contributed by atoms with E-state index in [1.54, 1.807) is 7.11 Å². The predicted octanol–water partition coefficient (Wildman–Crippen LogP) is 3.54. The SMILES string of the molecule is COc1ccc2c(c1)Nc1ccccc1CC2. The zero-order valence-corrected chi connectivity index (χ0v) is 9.86. The number of anilines is 2. The molecular weight excluding hydrogens is 210 g/mol. The molecule has 0 amide bonds. The standard InChI is InChI=1S/C15H15NO/c1-17-13-9-8-12-7-6-11-4-2-3-5-14(11)16-15(12)10-13/h2-5,8-10,16H,6-7H2,1H3. The van der Waals surface area contributed by atoms with Crippen molar-refractivity contribution in [2.45, 2.75) is 12.8 Å². The molecule has 0 aromatic heterocycles. The van der Waals surface area contributed by atoms with Crippen LogP contribution in [0.5, 0.6) is 5.75 Å². The van der Waals surface area contributed by atoms with Crippen LogP contribution >= 0.6 is 0 Å². The highest BCUT2D eigenvalue weighted by Gasteiger charge is 2.12. The summed E-state index contributed by atoms with van der Waals surface area (Å²) in [5.41, 5.74) is 5.10. The fourth-order valence-electron chi connectivity index (χ4n) is 2.29. The summed E-state index contributed by atoms with van der Waals surface area (Å²) in [6, 6.07) is 14.7. The Labute approximate surface area is 101 Å². The van der Waals surface area contributed by atoms with Crippen LogP contribution < -0.4 is 10.1 Å². The Bertz CT molecular complexity index is 548. The van der Waals surface area contributed by atoms with Gasteiger partial charge in [0, 0.05) is 17.4 Å². The second-order valence-corrected chi connectivity index (χ2v) is 4.31. The van der Waals surface area contributed by atoms with E-state index in [1.807, 2.05) is 6.07 Å². The maximum atomic E-state index is 5.27. The molecule has 2 heteroatoms. The van der Waals surface area contributed by atoms with Gasteiger partial charge in [-0.25, -0.2) is 0 Å². The van der Waals surface area contributed by atoms with Crippen molar-refractivity contribution < 1.29 is 4.74 Å². The first-order valence-electron chi connectivity index (χ1n) is 5.88. The molecule has 2 nitrogen and oxygen atoms in total. The van der Waals surface area contributed by atoms with Crippen molar-refractivity contribution in [3.05, 3.63) is 53.6 Å². The van der Waals surface area contributed by atoms with Gasteiger partial charge in [0.05, 0.1) is 7.11 Å². The third-order valence-electron chi connectivity index (χ3n) is 3.27. The summed E-state index contributed by atoms with van der Waals surface area (Å²) < 4.78 is 5.27. The highest BCUT2D eigenvalue weighted by atomic mass is 16.5. The quantitative estimate of drug-likeness (QED) is 0.801. The molecule has 86 valence electrons. The van der Waals surface area contributed by atoms with Crippen LogP contribution in [0.4, 0.5) is 11.4 Å². The van der Waals surface area contributed by atoms with Gasteiger partial charge in [-0.2, -0.15) is 0 Å². The molecule has 1 N–H and O–H groups in total. The first-order valence-corrected chi connectivity index (χ1v) is 5.88. The van der Waals surface area contributed by atoms with E-state index in [1.165, 1.54) is 16.8 Å². The third-order valence-corrected chi connectivity index (χ3v) is 3.27. The van der Waals surface area contributed by atoms with Crippen molar-refractivity contribution in [3.8, 4) is 5.75 Å². The molecule has 2 aromatic rings. The number of aryl methyl sites for hydroxylation is 2. The normalized spacial score (nSPS) is 13.0. The number of benzene rings is 2. The number of ether oxygens (including phenoxy) is 1. The van der Waals surface area contributed by atoms with Gasteiger partial charge in [0.15, 0.2) is 0 Å². The van der Waals surface area contributed by atoms with Gasteiger partial charge in [-0.3, -0.25) is 0 Å². The molecule has 0 spiro atoms. The Hall–Kier alpha value is -1.96. The van der Waals surface area contributed by atoms with Crippen molar-refractivity contribution in [1.82, 2.24) is 0 Å². The summed E-state index contributed by atoms with van der Waals surface area (Å²) >= 11 is 0. The van der Waals surface area contributed by atoms with E-state index in [4.69, 9.17) is 4.74 Å². The number of nitrogens with one attached hydrogen (secondary N) is 1. The zero-order chi connectivity index (χ0) is 11.7. The van der Waals surface area contributed by atoms with Crippen LogP contribution in [0, 0.1) is 0 Å². The van der Waals surface area contributed by atoms with E-state index in [2.05, 4.69) is 41.7 Å². The molecule has 1 aliphatic rings. The molecular formula is C15H15NO. The molecule has 0 aliphatic carbocycles. The Balaban J connectivity index is 2.05. The second kappa shape index (κ2) is 4.13. The Morgan fingerprint density at radius 2 is 1.71 bits per heavy atom. The Morgan fingerprint density at radius 1 is 0.941 bits per heavy atom. The highest BCUT2D eigenvalue weighted by molar-refractivity contribution is 5.69. The average molecular weight is 225 g/mol. The van der Waals surface area contributed by atoms with Crippen molar-refractivity contribution >= 4 is 11.4 Å². The van der Waals surface area contributed by atoms with Crippen LogP contribution in [0.15, 0.2) is 42.5 Å². The molecule has 0 atom stereocenters. The average Bonchev–Trinajstić information content (AvgIpc) is 2.56. The van der Waals surface area contributed by atoms with Crippen LogP contribution in [-0.4, -0.2) is 7.11 Å². The van der Waals surface area contributed by atoms with Crippen LogP contribution in [0.3, 0.4) is 0 Å². The van der Waals surface area contributed by atoms with E-state index in [9.17, 15) is 0 Å². The number of fused-ring (bicyclic) bond motifs is 2. The molecule has 1 aliphatic heterocycles. The first-order chi connectivity index (χ1) is 8.36. The van der Waals surface area contributed by atoms with Crippen molar-refractivity contribution in [2.24, 2.45) is 0 Å². The van der Waals surface area contributed by atoms with Crippen molar-refractivity contribution in [2.75, 3.05) is 12.4 Å². The van der Waals surface area contributed by atoms with Gasteiger partial charge in [0.2, 0.25) is 0 Å². The van der Waals surface area contributed by atoms with Gasteiger partial charge >= 0.3 is 0 Å². The minimum absolute atomic E-state index is 0.899. The van der Waals surface area contributed by atoms with E-state index in [-0.39, 0.29) is 0 Å². The topological polar surface area (TPSA) is 21.3 Å². The number of rotatable bonds is 1. The monoisotopic (exact) mass is 225 g/mol. The van der Waals surface area contributed by atoms with Crippen LogP contribution in [0.25, 0.3) is 0 Å². The third kappa shape index (κ3) is 1.86. The van der Waals surface area contributed by atoms with E-state index in [0.29, 0.717) is 0 Å². The fourth-order valence-corrected chi connectivity index (χ4v) is 2.29. The van der Waals surface area contributed by atoms with Crippen LogP contribution in [0.2, 0.25) is 0 Å². The zero-order valence-electron chi connectivity index (χ0n) is 9.86. The van der Waals surface area contributed by atoms with Gasteiger partial charge in [0.1, 0.15) is 5.75 Å². The Morgan fingerprint density at radius 3 is 2.53 bits per heavy atom. The fraction of sp³-hybridized carbons (Fsp3) is 0.200. The molecule has 0 saturated heterocycles. The summed E-state index contributed by atoms with van der Waals surface area (Å²) in [4.78, 5) is 0. The van der Waals surface area contributed by atoms with Gasteiger partial charge in [-0.15, -0.1) is 0 Å². The lowest BCUT2D eigenvalue weighted by atomic mass is 10.0. The summed E-state index contributed by atoms with van der Waals surface area (Å²) in [5.74, 6) is 0.899. The molecule has 3 rings (SSSR count). The number of hydrogen-bond donors (Lipinski definition) is 1. The number of methoxy groups -OCH3 is 1. The molecule has 1 heterocycles. The van der Waals surface area contributed by atoms with Crippen LogP contribution in [0.1, 0.15) is 11.1 Å². The summed E-state index contributed by atoms with van der Waals surface area (Å²) in [6.45, 7) is 0. The molecule has 17 heavy (non-hydrogen) atoms. The minimum Gasteiger partial charge on any atom is -0.497 e. The smallest absolute Gasteiger partial charge is 0.120 e. The maximum Gasteiger partial charge on any atom is 0.120 e. The molecule has 0 saturated carbocycles. The molecule has 2 aromatic carbocycles. The van der Waals surface area contributed by atoms with Crippen LogP contribution in [-0.2, 0) is 12.8 Å². The summed E-state index contributed by atoms with van der Waals surface area (Å²) in [7, 11) is 1.70. The summed E-state index contributed by atoms with van der Waals surface area (Å²) in [6.07, 6.45) is 2.16. The lowest BCUT2D eigenvalue weighted by Crippen LogP contribution is -1.94. The highest BCUT2D eigenvalue weighted by Crippen LogP contribution is 2.32. The number of para-hydroxylation sites is 1. The number of hydrogen-bond acceptors (Lipinski definition) is 2. The minimum atomic E-state index is 0.899. The van der Waals surface area contributed by atoms with Gasteiger partial charge in [-0.05, 0) is 36.1 Å². The van der Waals surface area contributed by atoms with E-state index >= 15 is 0 Å². The second-order valence-electron chi connectivity index (χ2n) is 4.31. The molecule has 0 fully saturated rings. The van der Waals surface area contributed by atoms with E-state index < -0.39 is 0 Å². The largest absolute Gasteiger partial charge is 0.497 e. The Kier molecular flexibility index (Phi) is 2.48. The lowest BCUT2D eigenvalue weighted by Gasteiger charge is -2.10. The van der Waals surface area contributed by atoms with Gasteiger partial charge in [0.25, 0.3) is 0 Å². The molecule has 0 radical (unpaired) electrons. The maximum absolute atomic E-state index is 5.27. The summed E-state index contributed by atoms with van der Waals surface area (Å²) in [5, 5.41) is 3.50. The predicted molar refractivity (Wildman–Crippen MR) is 70.1 cm³/mol. The van der Waals surface area contributed by atoms with E-state index in [0.717, 1.165) is 24.3 Å². The van der Waals surface area contributed by atoms with Crippen molar-refractivity contribution in [3.63, 3.8) is 0 Å².